The molecule has 1 aromatic heterocycles. The molecule has 2 heterocycles. The van der Waals surface area contributed by atoms with Gasteiger partial charge >= 0.3 is 0 Å². The van der Waals surface area contributed by atoms with E-state index in [1.807, 2.05) is 65.8 Å². The fraction of sp³-hybridized carbons (Fsp3) is 0.150. The van der Waals surface area contributed by atoms with E-state index in [2.05, 4.69) is 26.6 Å². The van der Waals surface area contributed by atoms with Crippen molar-refractivity contribution in [2.45, 2.75) is 13.0 Å². The Hall–Kier alpha value is -2.33. The molecule has 4 heteroatoms. The maximum atomic E-state index is 12.9. The van der Waals surface area contributed by atoms with Gasteiger partial charge in [-0.25, -0.2) is 0 Å². The predicted molar refractivity (Wildman–Crippen MR) is 99.5 cm³/mol. The molecule has 2 aromatic carbocycles. The summed E-state index contributed by atoms with van der Waals surface area (Å²) in [6, 6.07) is 18.1. The van der Waals surface area contributed by atoms with Gasteiger partial charge in [0.25, 0.3) is 5.91 Å². The van der Waals surface area contributed by atoms with Crippen LogP contribution in [0.4, 0.5) is 5.69 Å². The van der Waals surface area contributed by atoms with E-state index >= 15 is 0 Å². The number of aromatic nitrogens is 1. The standard InChI is InChI=1S/C20H17BrN2O/c21-18-8-7-16-9-12-23(19(16)13-18)20(24)17-5-3-15(4-6-17)14-22-10-1-2-11-22/h1-8,10-11,13H,9,12,14H2. The van der Waals surface area contributed by atoms with Gasteiger partial charge in [-0.2, -0.15) is 0 Å². The molecule has 0 fully saturated rings. The van der Waals surface area contributed by atoms with Crippen LogP contribution in [-0.4, -0.2) is 17.0 Å². The Morgan fingerprint density at radius 1 is 1.04 bits per heavy atom. The molecule has 0 saturated heterocycles. The van der Waals surface area contributed by atoms with Gasteiger partial charge in [0, 0.05) is 41.2 Å². The van der Waals surface area contributed by atoms with Crippen LogP contribution in [0, 0.1) is 0 Å². The quantitative estimate of drug-likeness (QED) is 0.656. The minimum Gasteiger partial charge on any atom is -0.350 e. The zero-order valence-electron chi connectivity index (χ0n) is 13.2. The van der Waals surface area contributed by atoms with Gasteiger partial charge in [0.15, 0.2) is 0 Å². The third-order valence-corrected chi connectivity index (χ3v) is 4.91. The minimum absolute atomic E-state index is 0.0689. The summed E-state index contributed by atoms with van der Waals surface area (Å²) >= 11 is 3.50. The fourth-order valence-electron chi connectivity index (χ4n) is 3.16. The van der Waals surface area contributed by atoms with E-state index in [1.54, 1.807) is 0 Å². The lowest BCUT2D eigenvalue weighted by Crippen LogP contribution is -2.28. The number of amides is 1. The molecular formula is C20H17BrN2O. The number of rotatable bonds is 3. The van der Waals surface area contributed by atoms with Gasteiger partial charge in [0.05, 0.1) is 0 Å². The van der Waals surface area contributed by atoms with Crippen LogP contribution in [0.25, 0.3) is 0 Å². The molecule has 1 amide bonds. The third kappa shape index (κ3) is 2.89. The molecular weight excluding hydrogens is 364 g/mol. The third-order valence-electron chi connectivity index (χ3n) is 4.42. The molecule has 0 spiro atoms. The molecule has 0 radical (unpaired) electrons. The van der Waals surface area contributed by atoms with Crippen LogP contribution >= 0.6 is 15.9 Å². The van der Waals surface area contributed by atoms with Crippen molar-refractivity contribution < 1.29 is 4.79 Å². The van der Waals surface area contributed by atoms with Crippen LogP contribution in [0.15, 0.2) is 71.5 Å². The minimum atomic E-state index is 0.0689. The topological polar surface area (TPSA) is 25.2 Å². The molecule has 24 heavy (non-hydrogen) atoms. The average Bonchev–Trinajstić information content (AvgIpc) is 3.24. The zero-order valence-corrected chi connectivity index (χ0v) is 14.7. The fourth-order valence-corrected chi connectivity index (χ4v) is 3.51. The van der Waals surface area contributed by atoms with E-state index in [0.29, 0.717) is 0 Å². The number of carbonyl (C=O) groups is 1. The summed E-state index contributed by atoms with van der Waals surface area (Å²) in [5.74, 6) is 0.0689. The van der Waals surface area contributed by atoms with Crippen LogP contribution in [-0.2, 0) is 13.0 Å². The molecule has 0 saturated carbocycles. The molecule has 0 bridgehead atoms. The number of nitrogens with zero attached hydrogens (tertiary/aromatic N) is 2. The second-order valence-corrected chi connectivity index (χ2v) is 6.95. The molecule has 3 aromatic rings. The van der Waals surface area contributed by atoms with Crippen LogP contribution < -0.4 is 4.90 Å². The largest absolute Gasteiger partial charge is 0.350 e. The number of carbonyl (C=O) groups excluding carboxylic acids is 1. The molecule has 3 nitrogen and oxygen atoms in total. The first-order valence-electron chi connectivity index (χ1n) is 8.01. The number of halogens is 1. The summed E-state index contributed by atoms with van der Waals surface area (Å²) in [7, 11) is 0. The van der Waals surface area contributed by atoms with E-state index in [4.69, 9.17) is 0 Å². The van der Waals surface area contributed by atoms with Crippen LogP contribution in [0.1, 0.15) is 21.5 Å². The van der Waals surface area contributed by atoms with Gasteiger partial charge < -0.3 is 9.47 Å². The van der Waals surface area contributed by atoms with Crippen molar-refractivity contribution in [3.63, 3.8) is 0 Å². The van der Waals surface area contributed by atoms with Crippen molar-refractivity contribution in [3.8, 4) is 0 Å². The molecule has 0 atom stereocenters. The summed E-state index contributed by atoms with van der Waals surface area (Å²) in [5.41, 5.74) is 4.17. The highest BCUT2D eigenvalue weighted by molar-refractivity contribution is 9.10. The van der Waals surface area contributed by atoms with Crippen LogP contribution in [0.5, 0.6) is 0 Å². The van der Waals surface area contributed by atoms with Crippen LogP contribution in [0.3, 0.4) is 0 Å². The van der Waals surface area contributed by atoms with Crippen molar-refractivity contribution >= 4 is 27.5 Å². The SMILES string of the molecule is O=C(c1ccc(Cn2cccc2)cc1)N1CCc2ccc(Br)cc21. The van der Waals surface area contributed by atoms with E-state index in [9.17, 15) is 4.79 Å². The lowest BCUT2D eigenvalue weighted by atomic mass is 10.1. The Labute approximate surface area is 149 Å². The molecule has 0 unspecified atom stereocenters. The van der Waals surface area contributed by atoms with Gasteiger partial charge in [-0.05, 0) is 53.9 Å². The molecule has 1 aliphatic rings. The number of hydrogen-bond donors (Lipinski definition) is 0. The highest BCUT2D eigenvalue weighted by Gasteiger charge is 2.25. The summed E-state index contributed by atoms with van der Waals surface area (Å²) in [6.45, 7) is 1.57. The number of benzene rings is 2. The van der Waals surface area contributed by atoms with Crippen molar-refractivity contribution in [2.75, 3.05) is 11.4 Å². The average molecular weight is 381 g/mol. The second-order valence-electron chi connectivity index (χ2n) is 6.03. The summed E-state index contributed by atoms with van der Waals surface area (Å²) < 4.78 is 3.12. The zero-order chi connectivity index (χ0) is 16.5. The molecule has 0 N–H and O–H groups in total. The lowest BCUT2D eigenvalue weighted by Gasteiger charge is -2.18. The normalized spacial score (nSPS) is 13.1. The Morgan fingerprint density at radius 2 is 1.79 bits per heavy atom. The smallest absolute Gasteiger partial charge is 0.258 e. The lowest BCUT2D eigenvalue weighted by molar-refractivity contribution is 0.0989. The Morgan fingerprint density at radius 3 is 2.54 bits per heavy atom. The summed E-state index contributed by atoms with van der Waals surface area (Å²) in [5, 5.41) is 0. The molecule has 4 rings (SSSR count). The van der Waals surface area contributed by atoms with E-state index in [-0.39, 0.29) is 5.91 Å². The predicted octanol–water partition coefficient (Wildman–Crippen LogP) is 4.50. The molecule has 120 valence electrons. The second kappa shape index (κ2) is 6.29. The van der Waals surface area contributed by atoms with Crippen LogP contribution in [0.2, 0.25) is 0 Å². The van der Waals surface area contributed by atoms with Crippen molar-refractivity contribution in [1.82, 2.24) is 4.57 Å². The van der Waals surface area contributed by atoms with Gasteiger partial charge in [-0.1, -0.05) is 34.1 Å². The van der Waals surface area contributed by atoms with Crippen molar-refractivity contribution in [3.05, 3.63) is 88.2 Å². The highest BCUT2D eigenvalue weighted by Crippen LogP contribution is 2.32. The maximum absolute atomic E-state index is 12.9. The number of fused-ring (bicyclic) bond motifs is 1. The summed E-state index contributed by atoms with van der Waals surface area (Å²) in [4.78, 5) is 14.7. The van der Waals surface area contributed by atoms with Gasteiger partial charge in [0.1, 0.15) is 0 Å². The Kier molecular flexibility index (Phi) is 3.98. The molecule has 0 aliphatic carbocycles. The first-order valence-corrected chi connectivity index (χ1v) is 8.80. The Balaban J connectivity index is 1.54. The monoisotopic (exact) mass is 380 g/mol. The van der Waals surface area contributed by atoms with Gasteiger partial charge in [-0.3, -0.25) is 4.79 Å². The van der Waals surface area contributed by atoms with Crippen molar-refractivity contribution in [2.24, 2.45) is 0 Å². The van der Waals surface area contributed by atoms with E-state index in [0.717, 1.165) is 35.2 Å². The van der Waals surface area contributed by atoms with Gasteiger partial charge in [0.2, 0.25) is 0 Å². The first-order chi connectivity index (χ1) is 11.7. The maximum Gasteiger partial charge on any atom is 0.258 e. The van der Waals surface area contributed by atoms with E-state index < -0.39 is 0 Å². The first kappa shape index (κ1) is 15.2. The highest BCUT2D eigenvalue weighted by atomic mass is 79.9. The number of hydrogen-bond acceptors (Lipinski definition) is 1. The Bertz CT molecular complexity index is 869. The van der Waals surface area contributed by atoms with Crippen molar-refractivity contribution in [1.29, 1.82) is 0 Å². The van der Waals surface area contributed by atoms with E-state index in [1.165, 1.54) is 11.1 Å². The van der Waals surface area contributed by atoms with Gasteiger partial charge in [-0.15, -0.1) is 0 Å². The molecule has 1 aliphatic heterocycles. The number of anilines is 1. The summed E-state index contributed by atoms with van der Waals surface area (Å²) in [6.07, 6.45) is 5.00.